The Bertz CT molecular complexity index is 1700. The Morgan fingerprint density at radius 3 is 2.13 bits per heavy atom. The molecule has 1 aliphatic rings. The Morgan fingerprint density at radius 1 is 0.744 bits per heavy atom. The molecule has 1 heterocycles. The van der Waals surface area contributed by atoms with Crippen molar-refractivity contribution in [2.24, 2.45) is 15.7 Å². The standard InChI is InChI=1S/C34H29N5/c1-36-22-30(35)29-21-20-23-10-8-9-15-28(23)31(29)24-16-18-27(19-17-24)34-38-32(25-11-4-2-5-12-25)37-33(39-34)26-13-6-3-7-14-26/h2-22,34,36H,35H2,1H3,(H,37,38,39)/b30-22-. The van der Waals surface area contributed by atoms with Crippen LogP contribution in [0.25, 0.3) is 27.6 Å². The van der Waals surface area contributed by atoms with Crippen molar-refractivity contribution in [3.05, 3.63) is 150 Å². The molecule has 1 unspecified atom stereocenters. The van der Waals surface area contributed by atoms with Crippen molar-refractivity contribution in [3.63, 3.8) is 0 Å². The summed E-state index contributed by atoms with van der Waals surface area (Å²) in [6.07, 6.45) is 1.56. The van der Waals surface area contributed by atoms with Gasteiger partial charge in [0.15, 0.2) is 5.84 Å². The molecular weight excluding hydrogens is 478 g/mol. The van der Waals surface area contributed by atoms with Gasteiger partial charge in [0, 0.05) is 29.9 Å². The zero-order chi connectivity index (χ0) is 26.6. The van der Waals surface area contributed by atoms with E-state index in [9.17, 15) is 0 Å². The van der Waals surface area contributed by atoms with E-state index < -0.39 is 0 Å². The van der Waals surface area contributed by atoms with Crippen molar-refractivity contribution in [2.45, 2.75) is 6.17 Å². The van der Waals surface area contributed by atoms with E-state index in [-0.39, 0.29) is 6.17 Å². The number of fused-ring (bicyclic) bond motifs is 1. The molecule has 0 aromatic heterocycles. The first kappa shape index (κ1) is 24.2. The van der Waals surface area contributed by atoms with Gasteiger partial charge >= 0.3 is 0 Å². The molecule has 1 atom stereocenters. The highest BCUT2D eigenvalue weighted by molar-refractivity contribution is 6.13. The van der Waals surface area contributed by atoms with E-state index in [4.69, 9.17) is 15.7 Å². The lowest BCUT2D eigenvalue weighted by Crippen LogP contribution is -2.33. The first-order valence-corrected chi connectivity index (χ1v) is 13.0. The zero-order valence-electron chi connectivity index (χ0n) is 21.7. The van der Waals surface area contributed by atoms with Gasteiger partial charge in [-0.2, -0.15) is 0 Å². The second-order valence-corrected chi connectivity index (χ2v) is 9.41. The van der Waals surface area contributed by atoms with Crippen LogP contribution in [0, 0.1) is 0 Å². The van der Waals surface area contributed by atoms with Crippen LogP contribution in [0.5, 0.6) is 0 Å². The van der Waals surface area contributed by atoms with Crippen molar-refractivity contribution in [1.82, 2.24) is 10.6 Å². The minimum atomic E-state index is -0.275. The van der Waals surface area contributed by atoms with E-state index in [0.717, 1.165) is 44.6 Å². The number of hydrogen-bond donors (Lipinski definition) is 3. The summed E-state index contributed by atoms with van der Waals surface area (Å²) in [6.45, 7) is 0. The van der Waals surface area contributed by atoms with Crippen LogP contribution in [-0.4, -0.2) is 18.7 Å². The summed E-state index contributed by atoms with van der Waals surface area (Å²) >= 11 is 0. The van der Waals surface area contributed by atoms with E-state index in [2.05, 4.69) is 83.4 Å². The lowest BCUT2D eigenvalue weighted by atomic mass is 9.91. The molecule has 0 radical (unpaired) electrons. The Morgan fingerprint density at radius 2 is 1.41 bits per heavy atom. The van der Waals surface area contributed by atoms with E-state index >= 15 is 0 Å². The van der Waals surface area contributed by atoms with E-state index in [1.165, 1.54) is 5.39 Å². The van der Waals surface area contributed by atoms with Crippen LogP contribution in [0.3, 0.4) is 0 Å². The lowest BCUT2D eigenvalue weighted by Gasteiger charge is -2.24. The number of nitrogens with two attached hydrogens (primary N) is 1. The van der Waals surface area contributed by atoms with Gasteiger partial charge in [0.1, 0.15) is 12.0 Å². The fourth-order valence-electron chi connectivity index (χ4n) is 4.97. The van der Waals surface area contributed by atoms with Gasteiger partial charge in [-0.1, -0.05) is 121 Å². The third-order valence-electron chi connectivity index (χ3n) is 6.88. The minimum absolute atomic E-state index is 0.275. The average Bonchev–Trinajstić information content (AvgIpc) is 3.01. The summed E-state index contributed by atoms with van der Waals surface area (Å²) in [6, 6.07) is 41.5. The van der Waals surface area contributed by atoms with Gasteiger partial charge in [-0.25, -0.2) is 9.98 Å². The molecule has 5 heteroatoms. The molecule has 5 nitrogen and oxygen atoms in total. The van der Waals surface area contributed by atoms with Gasteiger partial charge in [0.25, 0.3) is 0 Å². The van der Waals surface area contributed by atoms with Crippen LogP contribution in [0.15, 0.2) is 138 Å². The maximum atomic E-state index is 6.48. The van der Waals surface area contributed by atoms with Crippen LogP contribution in [0.4, 0.5) is 0 Å². The van der Waals surface area contributed by atoms with Gasteiger partial charge in [-0.05, 0) is 27.5 Å². The van der Waals surface area contributed by atoms with Crippen LogP contribution in [0.2, 0.25) is 0 Å². The molecule has 0 amide bonds. The number of rotatable bonds is 6. The van der Waals surface area contributed by atoms with Crippen LogP contribution < -0.4 is 16.4 Å². The van der Waals surface area contributed by atoms with Crippen molar-refractivity contribution >= 4 is 28.1 Å². The van der Waals surface area contributed by atoms with Gasteiger partial charge in [-0.3, -0.25) is 0 Å². The largest absolute Gasteiger partial charge is 0.397 e. The fourth-order valence-corrected chi connectivity index (χ4v) is 4.97. The molecule has 0 aliphatic carbocycles. The normalized spacial score (nSPS) is 15.3. The van der Waals surface area contributed by atoms with E-state index in [0.29, 0.717) is 11.5 Å². The van der Waals surface area contributed by atoms with Gasteiger partial charge in [0.2, 0.25) is 0 Å². The number of aliphatic imine (C=N–C) groups is 2. The second kappa shape index (κ2) is 10.7. The molecule has 1 aliphatic heterocycles. The number of benzene rings is 5. The summed E-state index contributed by atoms with van der Waals surface area (Å²) in [5, 5.41) is 8.94. The van der Waals surface area contributed by atoms with Crippen molar-refractivity contribution < 1.29 is 0 Å². The topological polar surface area (TPSA) is 74.8 Å². The highest BCUT2D eigenvalue weighted by Gasteiger charge is 2.21. The first-order chi connectivity index (χ1) is 19.2. The van der Waals surface area contributed by atoms with Gasteiger partial charge < -0.3 is 16.4 Å². The molecule has 6 rings (SSSR count). The molecule has 0 bridgehead atoms. The number of hydrogen-bond acceptors (Lipinski definition) is 5. The number of amidine groups is 2. The maximum Gasteiger partial charge on any atom is 0.159 e. The molecular formula is C34H29N5. The van der Waals surface area contributed by atoms with Gasteiger partial charge in [0.05, 0.1) is 5.70 Å². The van der Waals surface area contributed by atoms with Gasteiger partial charge in [-0.15, -0.1) is 0 Å². The predicted molar refractivity (Wildman–Crippen MR) is 162 cm³/mol. The highest BCUT2D eigenvalue weighted by atomic mass is 15.2. The fraction of sp³-hybridized carbons (Fsp3) is 0.0588. The summed E-state index contributed by atoms with van der Waals surface area (Å²) in [4.78, 5) is 9.88. The molecule has 0 saturated carbocycles. The first-order valence-electron chi connectivity index (χ1n) is 13.0. The van der Waals surface area contributed by atoms with Crippen LogP contribution >= 0.6 is 0 Å². The second-order valence-electron chi connectivity index (χ2n) is 9.41. The molecule has 5 aromatic carbocycles. The Balaban J connectivity index is 1.42. The Hall–Kier alpha value is -5.16. The quantitative estimate of drug-likeness (QED) is 0.246. The lowest BCUT2D eigenvalue weighted by molar-refractivity contribution is 0.674. The maximum absolute atomic E-state index is 6.48. The molecule has 0 saturated heterocycles. The molecule has 4 N–H and O–H groups in total. The minimum Gasteiger partial charge on any atom is -0.397 e. The average molecular weight is 508 g/mol. The third-order valence-corrected chi connectivity index (χ3v) is 6.88. The van der Waals surface area contributed by atoms with Crippen LogP contribution in [0.1, 0.15) is 28.4 Å². The Labute approximate surface area is 228 Å². The zero-order valence-corrected chi connectivity index (χ0v) is 21.7. The molecule has 39 heavy (non-hydrogen) atoms. The summed E-state index contributed by atoms with van der Waals surface area (Å²) in [7, 11) is 1.86. The smallest absolute Gasteiger partial charge is 0.159 e. The van der Waals surface area contributed by atoms with E-state index in [1.54, 1.807) is 0 Å². The molecule has 0 fully saturated rings. The van der Waals surface area contributed by atoms with Crippen molar-refractivity contribution in [3.8, 4) is 11.1 Å². The van der Waals surface area contributed by atoms with E-state index in [1.807, 2.05) is 61.8 Å². The van der Waals surface area contributed by atoms with Crippen LogP contribution in [-0.2, 0) is 0 Å². The summed E-state index contributed by atoms with van der Waals surface area (Å²) < 4.78 is 0. The number of nitrogens with zero attached hydrogens (tertiary/aromatic N) is 2. The summed E-state index contributed by atoms with van der Waals surface area (Å²) in [5.41, 5.74) is 13.4. The third kappa shape index (κ3) is 4.90. The Kier molecular flexibility index (Phi) is 6.62. The SMILES string of the molecule is CN/C=C(\N)c1ccc2ccccc2c1-c1ccc(C2N=C(c3ccccc3)N=C(c3ccccc3)N2)cc1. The van der Waals surface area contributed by atoms with Crippen molar-refractivity contribution in [1.29, 1.82) is 0 Å². The monoisotopic (exact) mass is 507 g/mol. The molecule has 0 spiro atoms. The highest BCUT2D eigenvalue weighted by Crippen LogP contribution is 2.35. The number of nitrogens with one attached hydrogen (secondary N) is 2. The predicted octanol–water partition coefficient (Wildman–Crippen LogP) is 6.48. The molecule has 5 aromatic rings. The van der Waals surface area contributed by atoms with Crippen molar-refractivity contribution in [2.75, 3.05) is 7.05 Å². The summed E-state index contributed by atoms with van der Waals surface area (Å²) in [5.74, 6) is 1.52. The molecule has 190 valence electrons.